The molecule has 0 bridgehead atoms. The van der Waals surface area contributed by atoms with Crippen molar-refractivity contribution in [2.75, 3.05) is 25.5 Å². The van der Waals surface area contributed by atoms with Crippen molar-refractivity contribution in [2.24, 2.45) is 0 Å². The normalized spacial score (nSPS) is 14.2. The number of hydrogen-bond acceptors (Lipinski definition) is 5. The smallest absolute Gasteiger partial charge is 0.410 e. The molecule has 0 aromatic heterocycles. The van der Waals surface area contributed by atoms with Crippen molar-refractivity contribution in [3.05, 3.63) is 90.0 Å². The second-order valence-corrected chi connectivity index (χ2v) is 9.38. The Morgan fingerprint density at radius 2 is 1.64 bits per heavy atom. The van der Waals surface area contributed by atoms with Crippen LogP contribution in [0.3, 0.4) is 0 Å². The van der Waals surface area contributed by atoms with Gasteiger partial charge in [0.15, 0.2) is 0 Å². The van der Waals surface area contributed by atoms with Gasteiger partial charge in [-0.3, -0.25) is 4.79 Å². The highest BCUT2D eigenvalue weighted by Crippen LogP contribution is 2.48. The van der Waals surface area contributed by atoms with Crippen LogP contribution in [-0.2, 0) is 20.9 Å². The summed E-state index contributed by atoms with van der Waals surface area (Å²) in [6.07, 6.45) is -0.315. The highest BCUT2D eigenvalue weighted by atomic mass is 32.2. The molecule has 1 saturated heterocycles. The number of nitrogens with zero attached hydrogens (tertiary/aromatic N) is 1. The number of hydrogen-bond donors (Lipinski definition) is 1. The first-order valence-corrected chi connectivity index (χ1v) is 11.5. The molecule has 1 aliphatic heterocycles. The van der Waals surface area contributed by atoms with Gasteiger partial charge in [0.25, 0.3) is 0 Å². The molecule has 3 aromatic carbocycles. The minimum absolute atomic E-state index is 0.103. The van der Waals surface area contributed by atoms with E-state index >= 15 is 0 Å². The minimum atomic E-state index is -0.315. The quantitative estimate of drug-likeness (QED) is 0.517. The molecule has 1 heterocycles. The van der Waals surface area contributed by atoms with Crippen molar-refractivity contribution < 1.29 is 19.1 Å². The summed E-state index contributed by atoms with van der Waals surface area (Å²) in [5, 5.41) is 2.79. The van der Waals surface area contributed by atoms with E-state index < -0.39 is 0 Å². The van der Waals surface area contributed by atoms with E-state index in [0.29, 0.717) is 13.1 Å². The zero-order valence-corrected chi connectivity index (χ0v) is 19.4. The maximum Gasteiger partial charge on any atom is 0.410 e. The highest BCUT2D eigenvalue weighted by molar-refractivity contribution is 8.00. The Bertz CT molecular complexity index is 1100. The number of benzene rings is 3. The van der Waals surface area contributed by atoms with E-state index in [1.807, 2.05) is 78.9 Å². The Labute approximate surface area is 197 Å². The van der Waals surface area contributed by atoms with E-state index in [2.05, 4.69) is 5.32 Å². The Hall–Kier alpha value is -3.45. The SMILES string of the molecule is COc1ccc(C2(Sc3ccc(NC(C)=O)cc3)CN(C(=O)OCc3ccccc3)C2)cc1. The number of carbonyl (C=O) groups is 2. The maximum atomic E-state index is 12.7. The third-order valence-electron chi connectivity index (χ3n) is 5.46. The Morgan fingerprint density at radius 1 is 0.970 bits per heavy atom. The monoisotopic (exact) mass is 462 g/mol. The van der Waals surface area contributed by atoms with Crippen molar-refractivity contribution in [1.29, 1.82) is 0 Å². The van der Waals surface area contributed by atoms with E-state index in [9.17, 15) is 9.59 Å². The van der Waals surface area contributed by atoms with Gasteiger partial charge < -0.3 is 19.7 Å². The third-order valence-corrected chi connectivity index (χ3v) is 6.85. The highest BCUT2D eigenvalue weighted by Gasteiger charge is 2.48. The fraction of sp³-hybridized carbons (Fsp3) is 0.231. The van der Waals surface area contributed by atoms with Gasteiger partial charge in [0.2, 0.25) is 5.91 Å². The van der Waals surface area contributed by atoms with Crippen LogP contribution in [0.15, 0.2) is 83.8 Å². The van der Waals surface area contributed by atoms with Crippen LogP contribution in [0.1, 0.15) is 18.1 Å². The molecule has 7 heteroatoms. The van der Waals surface area contributed by atoms with Crippen LogP contribution < -0.4 is 10.1 Å². The van der Waals surface area contributed by atoms with Gasteiger partial charge in [0, 0.05) is 30.6 Å². The number of amides is 2. The van der Waals surface area contributed by atoms with Crippen LogP contribution in [0.5, 0.6) is 5.75 Å². The van der Waals surface area contributed by atoms with E-state index in [1.165, 1.54) is 6.92 Å². The summed E-state index contributed by atoms with van der Waals surface area (Å²) in [6, 6.07) is 25.4. The van der Waals surface area contributed by atoms with Crippen molar-refractivity contribution >= 4 is 29.4 Å². The summed E-state index contributed by atoms with van der Waals surface area (Å²) in [5.74, 6) is 0.686. The topological polar surface area (TPSA) is 67.9 Å². The van der Waals surface area contributed by atoms with Crippen LogP contribution >= 0.6 is 11.8 Å². The lowest BCUT2D eigenvalue weighted by Crippen LogP contribution is -2.59. The number of thioether (sulfide) groups is 1. The first-order chi connectivity index (χ1) is 16.0. The van der Waals surface area contributed by atoms with Crippen molar-refractivity contribution in [3.63, 3.8) is 0 Å². The number of carbonyl (C=O) groups excluding carboxylic acids is 2. The van der Waals surface area contributed by atoms with E-state index in [0.717, 1.165) is 27.5 Å². The second kappa shape index (κ2) is 10.0. The predicted molar refractivity (Wildman–Crippen MR) is 129 cm³/mol. The molecule has 1 fully saturated rings. The maximum absolute atomic E-state index is 12.7. The summed E-state index contributed by atoms with van der Waals surface area (Å²) >= 11 is 1.70. The molecule has 0 atom stereocenters. The molecule has 0 spiro atoms. The fourth-order valence-electron chi connectivity index (χ4n) is 3.75. The van der Waals surface area contributed by atoms with Crippen molar-refractivity contribution in [3.8, 4) is 5.75 Å². The number of rotatable bonds is 7. The van der Waals surface area contributed by atoms with Gasteiger partial charge in [-0.05, 0) is 47.5 Å². The first-order valence-electron chi connectivity index (χ1n) is 10.6. The number of methoxy groups -OCH3 is 1. The molecule has 6 nitrogen and oxygen atoms in total. The molecule has 2 amide bonds. The van der Waals surface area contributed by atoms with Gasteiger partial charge in [0.1, 0.15) is 12.4 Å². The van der Waals surface area contributed by atoms with Gasteiger partial charge in [-0.2, -0.15) is 0 Å². The summed E-state index contributed by atoms with van der Waals surface area (Å²) in [4.78, 5) is 26.7. The molecular formula is C26H26N2O4S. The standard InChI is InChI=1S/C26H26N2O4S/c1-19(29)27-22-10-14-24(15-11-22)33-26(21-8-12-23(31-2)13-9-21)17-28(18-26)25(30)32-16-20-6-4-3-5-7-20/h3-15H,16-18H2,1-2H3,(H,27,29). The van der Waals surface area contributed by atoms with Crippen LogP contribution in [0.4, 0.5) is 10.5 Å². The molecule has 4 rings (SSSR count). The number of anilines is 1. The molecule has 33 heavy (non-hydrogen) atoms. The number of ether oxygens (including phenoxy) is 2. The van der Waals surface area contributed by atoms with Crippen LogP contribution in [-0.4, -0.2) is 37.1 Å². The predicted octanol–water partition coefficient (Wildman–Crippen LogP) is 5.29. The molecule has 1 aliphatic rings. The largest absolute Gasteiger partial charge is 0.497 e. The molecule has 0 unspecified atom stereocenters. The lowest BCUT2D eigenvalue weighted by molar-refractivity contribution is -0.114. The average molecular weight is 463 g/mol. The first kappa shape index (κ1) is 22.7. The Kier molecular flexibility index (Phi) is 6.89. The van der Waals surface area contributed by atoms with Gasteiger partial charge >= 0.3 is 6.09 Å². The van der Waals surface area contributed by atoms with Gasteiger partial charge in [-0.1, -0.05) is 42.5 Å². The summed E-state index contributed by atoms with van der Waals surface area (Å²) in [6.45, 7) is 2.81. The fourth-order valence-corrected chi connectivity index (χ4v) is 5.16. The molecule has 0 saturated carbocycles. The number of nitrogens with one attached hydrogen (secondary N) is 1. The van der Waals surface area contributed by atoms with Crippen molar-refractivity contribution in [2.45, 2.75) is 23.2 Å². The zero-order chi connectivity index (χ0) is 23.3. The van der Waals surface area contributed by atoms with Crippen LogP contribution in [0, 0.1) is 0 Å². The summed E-state index contributed by atoms with van der Waals surface area (Å²) in [5.41, 5.74) is 2.83. The van der Waals surface area contributed by atoms with Gasteiger partial charge in [-0.25, -0.2) is 4.79 Å². The van der Waals surface area contributed by atoms with Crippen LogP contribution in [0.2, 0.25) is 0 Å². The van der Waals surface area contributed by atoms with E-state index in [1.54, 1.807) is 23.8 Å². The molecule has 0 radical (unpaired) electrons. The Balaban J connectivity index is 1.47. The lowest BCUT2D eigenvalue weighted by Gasteiger charge is -2.49. The molecule has 170 valence electrons. The van der Waals surface area contributed by atoms with Crippen molar-refractivity contribution in [1.82, 2.24) is 4.90 Å². The third kappa shape index (κ3) is 5.49. The summed E-state index contributed by atoms with van der Waals surface area (Å²) in [7, 11) is 1.64. The zero-order valence-electron chi connectivity index (χ0n) is 18.6. The summed E-state index contributed by atoms with van der Waals surface area (Å²) < 4.78 is 10.5. The molecule has 1 N–H and O–H groups in total. The minimum Gasteiger partial charge on any atom is -0.497 e. The van der Waals surface area contributed by atoms with E-state index in [-0.39, 0.29) is 23.4 Å². The molecule has 3 aromatic rings. The Morgan fingerprint density at radius 3 is 2.24 bits per heavy atom. The second-order valence-electron chi connectivity index (χ2n) is 7.93. The lowest BCUT2D eigenvalue weighted by atomic mass is 9.90. The molecular weight excluding hydrogens is 436 g/mol. The number of likely N-dealkylation sites (tertiary alicyclic amines) is 1. The van der Waals surface area contributed by atoms with Gasteiger partial charge in [-0.15, -0.1) is 11.8 Å². The van der Waals surface area contributed by atoms with E-state index in [4.69, 9.17) is 9.47 Å². The molecule has 0 aliphatic carbocycles. The van der Waals surface area contributed by atoms with Crippen LogP contribution in [0.25, 0.3) is 0 Å². The average Bonchev–Trinajstić information content (AvgIpc) is 2.81. The van der Waals surface area contributed by atoms with Gasteiger partial charge in [0.05, 0.1) is 11.9 Å².